The summed E-state index contributed by atoms with van der Waals surface area (Å²) in [5, 5.41) is 10.0. The van der Waals surface area contributed by atoms with Crippen LogP contribution in [0.25, 0.3) is 10.9 Å². The molecule has 1 amide bonds. The number of carbonyl (C=O) groups excluding carboxylic acids is 1. The van der Waals surface area contributed by atoms with Gasteiger partial charge in [-0.15, -0.1) is 0 Å². The number of amides is 1. The zero-order valence-electron chi connectivity index (χ0n) is 21.3. The number of aromatic nitrogens is 2. The Bertz CT molecular complexity index is 1510. The van der Waals surface area contributed by atoms with Gasteiger partial charge in [-0.05, 0) is 43.1 Å². The van der Waals surface area contributed by atoms with Gasteiger partial charge in [-0.2, -0.15) is 0 Å². The molecule has 0 spiro atoms. The Kier molecular flexibility index (Phi) is 7.19. The summed E-state index contributed by atoms with van der Waals surface area (Å²) in [6, 6.07) is 8.34. The van der Waals surface area contributed by atoms with Gasteiger partial charge in [0.05, 0.1) is 40.7 Å². The van der Waals surface area contributed by atoms with Crippen LogP contribution in [-0.2, 0) is 9.53 Å². The lowest BCUT2D eigenvalue weighted by molar-refractivity contribution is -0.111. The number of nitrogens with one attached hydrogen (secondary N) is 3. The van der Waals surface area contributed by atoms with Gasteiger partial charge in [-0.3, -0.25) is 9.69 Å². The first kappa shape index (κ1) is 25.7. The highest BCUT2D eigenvalue weighted by molar-refractivity contribution is 6.31. The second kappa shape index (κ2) is 10.9. The SMILES string of the molecule is O=C(/C=C/CN1CCOCC1)Nc1cc2c(Nc3cccc(Cl)c3F)ncnc2cc1C#C[C@]12CNC[C@H]1C2. The van der Waals surface area contributed by atoms with Crippen molar-refractivity contribution in [3.8, 4) is 11.8 Å². The van der Waals surface area contributed by atoms with Crippen LogP contribution in [0.2, 0.25) is 5.02 Å². The normalized spacial score (nSPS) is 22.4. The summed E-state index contributed by atoms with van der Waals surface area (Å²) in [6.45, 7) is 5.64. The summed E-state index contributed by atoms with van der Waals surface area (Å²) in [5.41, 5.74) is 2.03. The third-order valence-electron chi connectivity index (χ3n) is 7.48. The van der Waals surface area contributed by atoms with Crippen molar-refractivity contribution in [3.63, 3.8) is 0 Å². The van der Waals surface area contributed by atoms with Crippen molar-refractivity contribution < 1.29 is 13.9 Å². The van der Waals surface area contributed by atoms with Crippen molar-refractivity contribution in [1.29, 1.82) is 0 Å². The number of nitrogens with zero attached hydrogens (tertiary/aromatic N) is 3. The number of piperidine rings is 1. The molecule has 39 heavy (non-hydrogen) atoms. The van der Waals surface area contributed by atoms with Gasteiger partial charge >= 0.3 is 0 Å². The molecule has 0 radical (unpaired) electrons. The minimum Gasteiger partial charge on any atom is -0.379 e. The van der Waals surface area contributed by atoms with Crippen molar-refractivity contribution in [3.05, 3.63) is 65.2 Å². The Balaban J connectivity index is 1.31. The lowest BCUT2D eigenvalue weighted by Crippen LogP contribution is -2.36. The predicted molar refractivity (Wildman–Crippen MR) is 150 cm³/mol. The van der Waals surface area contributed by atoms with Crippen LogP contribution < -0.4 is 16.0 Å². The number of hydrogen-bond acceptors (Lipinski definition) is 7. The number of carbonyl (C=O) groups is 1. The first-order valence-electron chi connectivity index (χ1n) is 13.0. The van der Waals surface area contributed by atoms with Crippen LogP contribution in [0.5, 0.6) is 0 Å². The molecular formula is C29H28ClFN6O2. The quantitative estimate of drug-likeness (QED) is 0.318. The zero-order chi connectivity index (χ0) is 26.8. The molecule has 1 saturated carbocycles. The molecule has 3 heterocycles. The van der Waals surface area contributed by atoms with Crippen LogP contribution in [0.1, 0.15) is 12.0 Å². The standard InChI is InChI=1S/C29H28ClFN6O2/c30-22-3-1-4-23(27(22)31)36-28-21-14-24(35-26(38)5-2-8-37-9-11-39-12-10-37)19(13-25(21)33-18-34-28)6-7-29-15-20(29)16-32-17-29/h1-5,13-14,18,20,32H,8-12,15-17H2,(H,35,38)(H,33,34,36)/b5-2+/t20-,29+/m1/s1. The van der Waals surface area contributed by atoms with Crippen LogP contribution in [0, 0.1) is 29.0 Å². The fraction of sp³-hybridized carbons (Fsp3) is 0.345. The van der Waals surface area contributed by atoms with Crippen LogP contribution >= 0.6 is 11.6 Å². The third kappa shape index (κ3) is 5.60. The number of halogens is 2. The lowest BCUT2D eigenvalue weighted by atomic mass is 10.0. The van der Waals surface area contributed by atoms with Crippen molar-refractivity contribution in [1.82, 2.24) is 20.2 Å². The maximum atomic E-state index is 14.6. The van der Waals surface area contributed by atoms with E-state index in [-0.39, 0.29) is 22.0 Å². The Hall–Kier alpha value is -3.55. The zero-order valence-corrected chi connectivity index (χ0v) is 22.0. The lowest BCUT2D eigenvalue weighted by Gasteiger charge is -2.25. The van der Waals surface area contributed by atoms with Crippen LogP contribution in [0.4, 0.5) is 21.6 Å². The molecule has 2 atom stereocenters. The van der Waals surface area contributed by atoms with Gasteiger partial charge in [0, 0.05) is 43.1 Å². The molecule has 0 unspecified atom stereocenters. The summed E-state index contributed by atoms with van der Waals surface area (Å²) in [4.78, 5) is 23.9. The maximum Gasteiger partial charge on any atom is 0.248 e. The molecule has 10 heteroatoms. The van der Waals surface area contributed by atoms with Gasteiger partial charge in [0.1, 0.15) is 12.1 Å². The Morgan fingerprint density at radius 2 is 2.15 bits per heavy atom. The molecule has 2 saturated heterocycles. The number of benzene rings is 2. The number of hydrogen-bond donors (Lipinski definition) is 3. The monoisotopic (exact) mass is 546 g/mol. The topological polar surface area (TPSA) is 91.4 Å². The van der Waals surface area contributed by atoms with Crippen LogP contribution in [-0.4, -0.2) is 66.7 Å². The molecule has 2 aromatic carbocycles. The second-order valence-corrected chi connectivity index (χ2v) is 10.5. The van der Waals surface area contributed by atoms with Crippen molar-refractivity contribution in [2.75, 3.05) is 56.6 Å². The van der Waals surface area contributed by atoms with E-state index in [1.807, 2.05) is 12.1 Å². The molecular weight excluding hydrogens is 519 g/mol. The predicted octanol–water partition coefficient (Wildman–Crippen LogP) is 3.95. The average Bonchev–Trinajstić information content (AvgIpc) is 3.49. The molecule has 6 rings (SSSR count). The Morgan fingerprint density at radius 1 is 1.28 bits per heavy atom. The van der Waals surface area contributed by atoms with Gasteiger partial charge < -0.3 is 20.7 Å². The largest absolute Gasteiger partial charge is 0.379 e. The molecule has 0 bridgehead atoms. The van der Waals surface area contributed by atoms with E-state index in [1.165, 1.54) is 18.5 Å². The second-order valence-electron chi connectivity index (χ2n) is 10.1. The van der Waals surface area contributed by atoms with E-state index in [0.717, 1.165) is 32.6 Å². The molecule has 8 nitrogen and oxygen atoms in total. The average molecular weight is 547 g/mol. The van der Waals surface area contributed by atoms with Gasteiger partial charge in [0.25, 0.3) is 0 Å². The third-order valence-corrected chi connectivity index (χ3v) is 7.77. The number of ether oxygens (including phenoxy) is 1. The number of rotatable bonds is 6. The first-order valence-corrected chi connectivity index (χ1v) is 13.4. The first-order chi connectivity index (χ1) is 19.0. The highest BCUT2D eigenvalue weighted by atomic mass is 35.5. The molecule has 3 aromatic rings. The highest BCUT2D eigenvalue weighted by Crippen LogP contribution is 2.54. The van der Waals surface area contributed by atoms with Gasteiger partial charge in [-0.25, -0.2) is 14.4 Å². The van der Waals surface area contributed by atoms with Crippen LogP contribution in [0.15, 0.2) is 48.8 Å². The smallest absolute Gasteiger partial charge is 0.248 e. The molecule has 2 aliphatic heterocycles. The number of morpholine rings is 1. The molecule has 200 valence electrons. The van der Waals surface area contributed by atoms with E-state index in [0.29, 0.717) is 53.6 Å². The van der Waals surface area contributed by atoms with E-state index < -0.39 is 5.82 Å². The van der Waals surface area contributed by atoms with E-state index in [1.54, 1.807) is 18.2 Å². The molecule has 1 aromatic heterocycles. The van der Waals surface area contributed by atoms with E-state index in [4.69, 9.17) is 16.3 Å². The van der Waals surface area contributed by atoms with Crippen LogP contribution in [0.3, 0.4) is 0 Å². The van der Waals surface area contributed by atoms with E-state index in [2.05, 4.69) is 42.7 Å². The number of anilines is 3. The van der Waals surface area contributed by atoms with Gasteiger partial charge in [0.2, 0.25) is 5.91 Å². The highest BCUT2D eigenvalue weighted by Gasteiger charge is 2.56. The fourth-order valence-corrected chi connectivity index (χ4v) is 5.30. The molecule has 3 aliphatic rings. The maximum absolute atomic E-state index is 14.6. The van der Waals surface area contributed by atoms with Crippen molar-refractivity contribution >= 4 is 45.6 Å². The summed E-state index contributed by atoms with van der Waals surface area (Å²) in [7, 11) is 0. The van der Waals surface area contributed by atoms with Crippen molar-refractivity contribution in [2.45, 2.75) is 6.42 Å². The van der Waals surface area contributed by atoms with E-state index >= 15 is 0 Å². The minimum absolute atomic E-state index is 0.00639. The summed E-state index contributed by atoms with van der Waals surface area (Å²) < 4.78 is 20.0. The molecule has 1 aliphatic carbocycles. The number of fused-ring (bicyclic) bond motifs is 2. The molecule has 3 N–H and O–H groups in total. The van der Waals surface area contributed by atoms with Gasteiger partial charge in [0.15, 0.2) is 5.82 Å². The Labute approximate surface area is 231 Å². The summed E-state index contributed by atoms with van der Waals surface area (Å²) in [6.07, 6.45) is 5.89. The fourth-order valence-electron chi connectivity index (χ4n) is 5.13. The summed E-state index contributed by atoms with van der Waals surface area (Å²) >= 11 is 5.97. The van der Waals surface area contributed by atoms with Gasteiger partial charge in [-0.1, -0.05) is 35.6 Å². The summed E-state index contributed by atoms with van der Waals surface area (Å²) in [5.74, 6) is 6.91. The van der Waals surface area contributed by atoms with Crippen molar-refractivity contribution in [2.24, 2.45) is 11.3 Å². The Morgan fingerprint density at radius 3 is 2.95 bits per heavy atom. The minimum atomic E-state index is -0.573. The molecule has 3 fully saturated rings. The van der Waals surface area contributed by atoms with E-state index in [9.17, 15) is 9.18 Å².